The summed E-state index contributed by atoms with van der Waals surface area (Å²) in [5.41, 5.74) is 7.00. The molecule has 1 unspecified atom stereocenters. The second kappa shape index (κ2) is 4.34. The molecule has 0 bridgehead atoms. The SMILES string of the molecule is Nc1ccc2oc(C(=O)NC3CCOC3)cc2c1. The van der Waals surface area contributed by atoms with Crippen molar-refractivity contribution in [2.24, 2.45) is 0 Å². The van der Waals surface area contributed by atoms with Crippen LogP contribution in [0.4, 0.5) is 5.69 Å². The largest absolute Gasteiger partial charge is 0.451 e. The van der Waals surface area contributed by atoms with Gasteiger partial charge in [0.1, 0.15) is 5.58 Å². The Bertz CT molecular complexity index is 585. The highest BCUT2D eigenvalue weighted by molar-refractivity contribution is 5.96. The third kappa shape index (κ3) is 2.04. The summed E-state index contributed by atoms with van der Waals surface area (Å²) < 4.78 is 10.7. The maximum Gasteiger partial charge on any atom is 0.287 e. The fraction of sp³-hybridized carbons (Fsp3) is 0.308. The predicted molar refractivity (Wildman–Crippen MR) is 67.3 cm³/mol. The fourth-order valence-electron chi connectivity index (χ4n) is 2.08. The number of amides is 1. The van der Waals surface area contributed by atoms with Gasteiger partial charge in [-0.1, -0.05) is 0 Å². The molecule has 0 aliphatic carbocycles. The van der Waals surface area contributed by atoms with Gasteiger partial charge in [0.2, 0.25) is 0 Å². The van der Waals surface area contributed by atoms with Crippen molar-refractivity contribution in [3.05, 3.63) is 30.0 Å². The number of hydrogen-bond acceptors (Lipinski definition) is 4. The van der Waals surface area contributed by atoms with Crippen molar-refractivity contribution in [3.8, 4) is 0 Å². The van der Waals surface area contributed by atoms with Gasteiger partial charge in [-0.3, -0.25) is 4.79 Å². The number of anilines is 1. The Morgan fingerprint density at radius 3 is 3.06 bits per heavy atom. The second-order valence-electron chi connectivity index (χ2n) is 4.44. The van der Waals surface area contributed by atoms with Crippen molar-refractivity contribution in [1.29, 1.82) is 0 Å². The molecule has 1 amide bonds. The van der Waals surface area contributed by atoms with Crippen LogP contribution in [0.5, 0.6) is 0 Å². The van der Waals surface area contributed by atoms with Gasteiger partial charge in [-0.05, 0) is 30.7 Å². The van der Waals surface area contributed by atoms with Gasteiger partial charge in [0, 0.05) is 17.7 Å². The van der Waals surface area contributed by atoms with Gasteiger partial charge in [-0.25, -0.2) is 0 Å². The molecule has 2 aromatic rings. The van der Waals surface area contributed by atoms with Gasteiger partial charge in [0.05, 0.1) is 12.6 Å². The van der Waals surface area contributed by atoms with Crippen LogP contribution >= 0.6 is 0 Å². The first-order valence-electron chi connectivity index (χ1n) is 5.90. The highest BCUT2D eigenvalue weighted by Gasteiger charge is 2.20. The molecular formula is C13H14N2O3. The van der Waals surface area contributed by atoms with E-state index in [9.17, 15) is 4.79 Å². The first-order chi connectivity index (χ1) is 8.72. The lowest BCUT2D eigenvalue weighted by molar-refractivity contribution is 0.0904. The summed E-state index contributed by atoms with van der Waals surface area (Å²) >= 11 is 0. The van der Waals surface area contributed by atoms with Gasteiger partial charge >= 0.3 is 0 Å². The van der Waals surface area contributed by atoms with E-state index in [0.29, 0.717) is 30.2 Å². The highest BCUT2D eigenvalue weighted by atomic mass is 16.5. The second-order valence-corrected chi connectivity index (χ2v) is 4.44. The number of ether oxygens (including phenoxy) is 1. The van der Waals surface area contributed by atoms with E-state index < -0.39 is 0 Å². The molecule has 1 aromatic heterocycles. The summed E-state index contributed by atoms with van der Waals surface area (Å²) in [4.78, 5) is 12.0. The van der Waals surface area contributed by atoms with Crippen LogP contribution < -0.4 is 11.1 Å². The van der Waals surface area contributed by atoms with Crippen LogP contribution in [0.1, 0.15) is 17.0 Å². The van der Waals surface area contributed by atoms with Gasteiger partial charge in [-0.15, -0.1) is 0 Å². The minimum absolute atomic E-state index is 0.0794. The summed E-state index contributed by atoms with van der Waals surface area (Å²) in [7, 11) is 0. The summed E-state index contributed by atoms with van der Waals surface area (Å²) in [5.74, 6) is 0.0998. The number of benzene rings is 1. The Kier molecular flexibility index (Phi) is 2.68. The summed E-state index contributed by atoms with van der Waals surface area (Å²) in [6.45, 7) is 1.26. The topological polar surface area (TPSA) is 77.5 Å². The van der Waals surface area contributed by atoms with Crippen LogP contribution in [0.15, 0.2) is 28.7 Å². The monoisotopic (exact) mass is 246 g/mol. The lowest BCUT2D eigenvalue weighted by Gasteiger charge is -2.08. The van der Waals surface area contributed by atoms with Gasteiger partial charge < -0.3 is 20.2 Å². The zero-order chi connectivity index (χ0) is 12.5. The van der Waals surface area contributed by atoms with E-state index in [-0.39, 0.29) is 11.9 Å². The molecule has 1 atom stereocenters. The number of carbonyl (C=O) groups excluding carboxylic acids is 1. The molecule has 94 valence electrons. The molecule has 0 spiro atoms. The van der Waals surface area contributed by atoms with Crippen LogP contribution in [0.2, 0.25) is 0 Å². The Morgan fingerprint density at radius 1 is 1.39 bits per heavy atom. The zero-order valence-corrected chi connectivity index (χ0v) is 9.81. The predicted octanol–water partition coefficient (Wildman–Crippen LogP) is 1.53. The Labute approximate surface area is 104 Å². The molecular weight excluding hydrogens is 232 g/mol. The van der Waals surface area contributed by atoms with Crippen LogP contribution in [0.25, 0.3) is 11.0 Å². The number of carbonyl (C=O) groups is 1. The van der Waals surface area contributed by atoms with E-state index in [0.717, 1.165) is 11.8 Å². The molecule has 1 aliphatic heterocycles. The molecule has 1 aromatic carbocycles. The Morgan fingerprint density at radius 2 is 2.28 bits per heavy atom. The minimum Gasteiger partial charge on any atom is -0.451 e. The van der Waals surface area contributed by atoms with Gasteiger partial charge in [0.15, 0.2) is 5.76 Å². The zero-order valence-electron chi connectivity index (χ0n) is 9.81. The molecule has 0 saturated carbocycles. The number of furan rings is 1. The van der Waals surface area contributed by atoms with E-state index in [1.54, 1.807) is 24.3 Å². The maximum absolute atomic E-state index is 12.0. The average Bonchev–Trinajstić information content (AvgIpc) is 2.96. The molecule has 2 heterocycles. The summed E-state index contributed by atoms with van der Waals surface area (Å²) in [6.07, 6.45) is 0.846. The smallest absolute Gasteiger partial charge is 0.287 e. The molecule has 0 radical (unpaired) electrons. The van der Waals surface area contributed by atoms with Crippen molar-refractivity contribution < 1.29 is 13.9 Å². The molecule has 18 heavy (non-hydrogen) atoms. The minimum atomic E-state index is -0.208. The van der Waals surface area contributed by atoms with Crippen molar-refractivity contribution in [3.63, 3.8) is 0 Å². The molecule has 3 rings (SSSR count). The summed E-state index contributed by atoms with van der Waals surface area (Å²) in [6, 6.07) is 7.08. The van der Waals surface area contributed by atoms with Crippen LogP contribution in [0.3, 0.4) is 0 Å². The van der Waals surface area contributed by atoms with Crippen molar-refractivity contribution >= 4 is 22.6 Å². The van der Waals surface area contributed by atoms with E-state index in [2.05, 4.69) is 5.32 Å². The number of nitrogens with one attached hydrogen (secondary N) is 1. The van der Waals surface area contributed by atoms with Crippen molar-refractivity contribution in [2.75, 3.05) is 18.9 Å². The molecule has 1 aliphatic rings. The van der Waals surface area contributed by atoms with E-state index in [1.807, 2.05) is 0 Å². The Hall–Kier alpha value is -2.01. The number of rotatable bonds is 2. The molecule has 5 heteroatoms. The van der Waals surface area contributed by atoms with E-state index in [1.165, 1.54) is 0 Å². The van der Waals surface area contributed by atoms with E-state index >= 15 is 0 Å². The van der Waals surface area contributed by atoms with E-state index in [4.69, 9.17) is 14.9 Å². The highest BCUT2D eigenvalue weighted by Crippen LogP contribution is 2.21. The lowest BCUT2D eigenvalue weighted by Crippen LogP contribution is -2.34. The first-order valence-corrected chi connectivity index (χ1v) is 5.90. The Balaban J connectivity index is 1.82. The standard InChI is InChI=1S/C13H14N2O3/c14-9-1-2-11-8(5-9)6-12(18-11)13(16)15-10-3-4-17-7-10/h1-2,5-6,10H,3-4,7,14H2,(H,15,16). The number of fused-ring (bicyclic) bond motifs is 1. The third-order valence-corrected chi connectivity index (χ3v) is 3.03. The molecule has 5 nitrogen and oxygen atoms in total. The quantitative estimate of drug-likeness (QED) is 0.788. The summed E-state index contributed by atoms with van der Waals surface area (Å²) in [5, 5.41) is 3.72. The lowest BCUT2D eigenvalue weighted by atomic mass is 10.2. The number of nitrogen functional groups attached to an aromatic ring is 1. The first kappa shape index (κ1) is 11.1. The van der Waals surface area contributed by atoms with Crippen LogP contribution in [0, 0.1) is 0 Å². The maximum atomic E-state index is 12.0. The molecule has 3 N–H and O–H groups in total. The third-order valence-electron chi connectivity index (χ3n) is 3.03. The number of nitrogens with two attached hydrogens (primary N) is 1. The average molecular weight is 246 g/mol. The van der Waals surface area contributed by atoms with Gasteiger partial charge in [-0.2, -0.15) is 0 Å². The van der Waals surface area contributed by atoms with Crippen molar-refractivity contribution in [1.82, 2.24) is 5.32 Å². The number of hydrogen-bond donors (Lipinski definition) is 2. The van der Waals surface area contributed by atoms with Crippen molar-refractivity contribution in [2.45, 2.75) is 12.5 Å². The molecule has 1 saturated heterocycles. The fourth-order valence-corrected chi connectivity index (χ4v) is 2.08. The van der Waals surface area contributed by atoms with Crippen LogP contribution in [-0.4, -0.2) is 25.2 Å². The van der Waals surface area contributed by atoms with Gasteiger partial charge in [0.25, 0.3) is 5.91 Å². The molecule has 1 fully saturated rings. The van der Waals surface area contributed by atoms with Crippen LogP contribution in [-0.2, 0) is 4.74 Å². The normalized spacial score (nSPS) is 19.2.